The Morgan fingerprint density at radius 1 is 1.15 bits per heavy atom. The number of nitrogens with one attached hydrogen (secondary N) is 1. The van der Waals surface area contributed by atoms with Gasteiger partial charge in [0.2, 0.25) is 5.91 Å². The molecule has 0 bridgehead atoms. The Labute approximate surface area is 115 Å². The minimum absolute atomic E-state index is 0.0907. The van der Waals surface area contributed by atoms with Gasteiger partial charge in [0.1, 0.15) is 0 Å². The highest BCUT2D eigenvalue weighted by Crippen LogP contribution is 2.14. The first-order valence-corrected chi connectivity index (χ1v) is 5.95. The number of hydrogen-bond acceptors (Lipinski definition) is 4. The molecule has 1 aromatic carbocycles. The molecule has 0 aliphatic rings. The zero-order chi connectivity index (χ0) is 14.5. The average molecular weight is 270 g/mol. The Morgan fingerprint density at radius 2 is 1.90 bits per heavy atom. The molecule has 0 saturated heterocycles. The molecule has 1 heterocycles. The molecule has 6 heteroatoms. The van der Waals surface area contributed by atoms with Gasteiger partial charge in [0, 0.05) is 5.69 Å². The van der Waals surface area contributed by atoms with Crippen LogP contribution in [0, 0.1) is 0 Å². The Morgan fingerprint density at radius 3 is 2.55 bits per heavy atom. The lowest BCUT2D eigenvalue weighted by Crippen LogP contribution is -2.19. The van der Waals surface area contributed by atoms with Crippen LogP contribution in [0.15, 0.2) is 42.6 Å². The number of benzene rings is 1. The maximum Gasteiger partial charge on any atom is 0.250 e. The van der Waals surface area contributed by atoms with Crippen molar-refractivity contribution in [2.45, 2.75) is 6.42 Å². The van der Waals surface area contributed by atoms with Gasteiger partial charge in [-0.25, -0.2) is 0 Å². The van der Waals surface area contributed by atoms with E-state index in [0.717, 1.165) is 0 Å². The topological polar surface area (TPSA) is 111 Å². The molecule has 0 spiro atoms. The van der Waals surface area contributed by atoms with Crippen LogP contribution in [0.3, 0.4) is 0 Å². The van der Waals surface area contributed by atoms with E-state index in [0.29, 0.717) is 17.1 Å². The highest BCUT2D eigenvalue weighted by atomic mass is 16.2. The molecule has 2 aromatic rings. The molecule has 0 atom stereocenters. The quantitative estimate of drug-likeness (QED) is 0.767. The predicted octanol–water partition coefficient (Wildman–Crippen LogP) is 0.944. The fraction of sp³-hybridized carbons (Fsp3) is 0.0714. The van der Waals surface area contributed by atoms with Crippen LogP contribution in [-0.2, 0) is 11.2 Å². The van der Waals surface area contributed by atoms with Gasteiger partial charge < -0.3 is 16.8 Å². The van der Waals surface area contributed by atoms with Gasteiger partial charge in [0.15, 0.2) is 0 Å². The molecular weight excluding hydrogens is 256 g/mol. The summed E-state index contributed by atoms with van der Waals surface area (Å²) in [6.45, 7) is 0. The number of nitrogens with two attached hydrogens (primary N) is 2. The van der Waals surface area contributed by atoms with Crippen molar-refractivity contribution in [3.63, 3.8) is 0 Å². The van der Waals surface area contributed by atoms with Crippen molar-refractivity contribution in [1.82, 2.24) is 4.98 Å². The molecule has 0 unspecified atom stereocenters. The van der Waals surface area contributed by atoms with Crippen LogP contribution >= 0.6 is 0 Å². The second-order valence-corrected chi connectivity index (χ2v) is 4.22. The average Bonchev–Trinajstić information content (AvgIpc) is 2.41. The molecule has 5 N–H and O–H groups in total. The molecule has 20 heavy (non-hydrogen) atoms. The standard InChI is InChI=1S/C14H14N4O2/c15-9-5-6-10(17-8-9)7-13(19)18-12-4-2-1-3-11(12)14(16)20/h1-6,8H,7,15H2,(H2,16,20)(H,18,19). The molecule has 2 rings (SSSR count). The van der Waals surface area contributed by atoms with E-state index < -0.39 is 5.91 Å². The van der Waals surface area contributed by atoms with Crippen molar-refractivity contribution < 1.29 is 9.59 Å². The van der Waals surface area contributed by atoms with E-state index in [1.807, 2.05) is 0 Å². The van der Waals surface area contributed by atoms with E-state index in [4.69, 9.17) is 11.5 Å². The van der Waals surface area contributed by atoms with E-state index in [1.54, 1.807) is 36.4 Å². The van der Waals surface area contributed by atoms with Crippen LogP contribution in [0.4, 0.5) is 11.4 Å². The van der Waals surface area contributed by atoms with Crippen LogP contribution in [0.5, 0.6) is 0 Å². The highest BCUT2D eigenvalue weighted by Gasteiger charge is 2.11. The number of aromatic nitrogens is 1. The number of nitrogen functional groups attached to an aromatic ring is 1. The van der Waals surface area contributed by atoms with Crippen molar-refractivity contribution >= 4 is 23.2 Å². The number of para-hydroxylation sites is 1. The van der Waals surface area contributed by atoms with E-state index in [9.17, 15) is 9.59 Å². The van der Waals surface area contributed by atoms with Gasteiger partial charge in [-0.2, -0.15) is 0 Å². The third-order valence-electron chi connectivity index (χ3n) is 2.66. The lowest BCUT2D eigenvalue weighted by molar-refractivity contribution is -0.115. The van der Waals surface area contributed by atoms with Gasteiger partial charge in [0.05, 0.1) is 29.6 Å². The first-order valence-electron chi connectivity index (χ1n) is 5.95. The number of anilines is 2. The summed E-state index contributed by atoms with van der Waals surface area (Å²) in [4.78, 5) is 27.2. The van der Waals surface area contributed by atoms with Gasteiger partial charge in [0.25, 0.3) is 5.91 Å². The minimum atomic E-state index is -0.591. The van der Waals surface area contributed by atoms with Crippen LogP contribution in [0.25, 0.3) is 0 Å². The number of amides is 2. The molecular formula is C14H14N4O2. The molecule has 0 saturated carbocycles. The number of pyridine rings is 1. The summed E-state index contributed by atoms with van der Waals surface area (Å²) < 4.78 is 0. The molecule has 1 aromatic heterocycles. The predicted molar refractivity (Wildman–Crippen MR) is 75.9 cm³/mol. The lowest BCUT2D eigenvalue weighted by atomic mass is 10.1. The lowest BCUT2D eigenvalue weighted by Gasteiger charge is -2.08. The van der Waals surface area contributed by atoms with E-state index in [1.165, 1.54) is 6.20 Å². The van der Waals surface area contributed by atoms with E-state index in [2.05, 4.69) is 10.3 Å². The fourth-order valence-electron chi connectivity index (χ4n) is 1.71. The van der Waals surface area contributed by atoms with Gasteiger partial charge in [-0.3, -0.25) is 14.6 Å². The van der Waals surface area contributed by atoms with Crippen molar-refractivity contribution in [2.75, 3.05) is 11.1 Å². The summed E-state index contributed by atoms with van der Waals surface area (Å²) in [5.41, 5.74) is 12.5. The second-order valence-electron chi connectivity index (χ2n) is 4.22. The maximum atomic E-state index is 11.9. The number of nitrogens with zero attached hydrogens (tertiary/aromatic N) is 1. The summed E-state index contributed by atoms with van der Waals surface area (Å²) in [6, 6.07) is 9.91. The first kappa shape index (κ1) is 13.5. The molecule has 6 nitrogen and oxygen atoms in total. The largest absolute Gasteiger partial charge is 0.397 e. The second kappa shape index (κ2) is 5.83. The van der Waals surface area contributed by atoms with E-state index >= 15 is 0 Å². The van der Waals surface area contributed by atoms with Crippen LogP contribution in [-0.4, -0.2) is 16.8 Å². The summed E-state index contributed by atoms with van der Waals surface area (Å²) in [5.74, 6) is -0.873. The molecule has 0 aliphatic heterocycles. The monoisotopic (exact) mass is 270 g/mol. The van der Waals surface area contributed by atoms with Gasteiger partial charge in [-0.05, 0) is 24.3 Å². The fourth-order valence-corrected chi connectivity index (χ4v) is 1.71. The summed E-state index contributed by atoms with van der Waals surface area (Å²) in [6.07, 6.45) is 1.58. The van der Waals surface area contributed by atoms with Crippen molar-refractivity contribution in [3.05, 3.63) is 53.9 Å². The van der Waals surface area contributed by atoms with Crippen molar-refractivity contribution in [1.29, 1.82) is 0 Å². The summed E-state index contributed by atoms with van der Waals surface area (Å²) in [7, 11) is 0. The Hall–Kier alpha value is -2.89. The van der Waals surface area contributed by atoms with Gasteiger partial charge in [-0.1, -0.05) is 12.1 Å². The van der Waals surface area contributed by atoms with Crippen LogP contribution in [0.1, 0.15) is 16.1 Å². The molecule has 0 fully saturated rings. The highest BCUT2D eigenvalue weighted by molar-refractivity contribution is 6.03. The van der Waals surface area contributed by atoms with Crippen molar-refractivity contribution in [2.24, 2.45) is 5.73 Å². The molecule has 2 amide bonds. The number of primary amides is 1. The first-order chi connectivity index (χ1) is 9.56. The Balaban J connectivity index is 2.08. The van der Waals surface area contributed by atoms with E-state index in [-0.39, 0.29) is 17.9 Å². The zero-order valence-corrected chi connectivity index (χ0v) is 10.7. The minimum Gasteiger partial charge on any atom is -0.397 e. The van der Waals surface area contributed by atoms with Crippen molar-refractivity contribution in [3.8, 4) is 0 Å². The Kier molecular flexibility index (Phi) is 3.95. The smallest absolute Gasteiger partial charge is 0.250 e. The number of hydrogen-bond donors (Lipinski definition) is 3. The summed E-state index contributed by atoms with van der Waals surface area (Å²) in [5, 5.41) is 2.64. The number of carbonyl (C=O) groups is 2. The molecule has 0 aliphatic carbocycles. The molecule has 0 radical (unpaired) electrons. The third-order valence-corrected chi connectivity index (χ3v) is 2.66. The summed E-state index contributed by atoms with van der Waals surface area (Å²) >= 11 is 0. The third kappa shape index (κ3) is 3.32. The zero-order valence-electron chi connectivity index (χ0n) is 10.7. The van der Waals surface area contributed by atoms with Gasteiger partial charge in [-0.15, -0.1) is 0 Å². The molecule has 102 valence electrons. The van der Waals surface area contributed by atoms with Gasteiger partial charge >= 0.3 is 0 Å². The normalized spacial score (nSPS) is 10.0. The van der Waals surface area contributed by atoms with Crippen LogP contribution < -0.4 is 16.8 Å². The number of carbonyl (C=O) groups excluding carboxylic acids is 2. The van der Waals surface area contributed by atoms with Crippen LogP contribution in [0.2, 0.25) is 0 Å². The SMILES string of the molecule is NC(=O)c1ccccc1NC(=O)Cc1ccc(N)cn1. The number of rotatable bonds is 4. The Bertz CT molecular complexity index is 638. The maximum absolute atomic E-state index is 11.9.